The van der Waals surface area contributed by atoms with Crippen LogP contribution in [0, 0.1) is 0 Å². The topological polar surface area (TPSA) is 88.7 Å². The fourth-order valence-corrected chi connectivity index (χ4v) is 3.30. The Labute approximate surface area is 184 Å². The predicted molar refractivity (Wildman–Crippen MR) is 116 cm³/mol. The molecular formula is C18H17Br2N3O4S. The van der Waals surface area contributed by atoms with Gasteiger partial charge in [-0.25, -0.2) is 0 Å². The minimum absolute atomic E-state index is 0.0509. The van der Waals surface area contributed by atoms with Gasteiger partial charge in [-0.15, -0.1) is 0 Å². The van der Waals surface area contributed by atoms with Crippen LogP contribution in [-0.2, 0) is 4.79 Å². The first-order valence-electron chi connectivity index (χ1n) is 8.10. The Hall–Kier alpha value is -2.17. The Morgan fingerprint density at radius 2 is 1.86 bits per heavy atom. The van der Waals surface area contributed by atoms with Crippen LogP contribution in [0.4, 0.5) is 0 Å². The average Bonchev–Trinajstić information content (AvgIpc) is 2.66. The fraction of sp³-hybridized carbons (Fsp3) is 0.167. The van der Waals surface area contributed by atoms with Gasteiger partial charge in [-0.1, -0.05) is 22.0 Å². The number of amides is 2. The van der Waals surface area contributed by atoms with Crippen molar-refractivity contribution in [3.63, 3.8) is 0 Å². The van der Waals surface area contributed by atoms with Gasteiger partial charge in [0, 0.05) is 10.0 Å². The van der Waals surface area contributed by atoms with Gasteiger partial charge in [0.15, 0.2) is 11.7 Å². The van der Waals surface area contributed by atoms with Crippen molar-refractivity contribution in [1.29, 1.82) is 0 Å². The third-order valence-corrected chi connectivity index (χ3v) is 4.52. The van der Waals surface area contributed by atoms with Gasteiger partial charge in [-0.05, 0) is 71.5 Å². The van der Waals surface area contributed by atoms with Gasteiger partial charge in [-0.3, -0.25) is 25.8 Å². The van der Waals surface area contributed by atoms with Crippen molar-refractivity contribution in [2.24, 2.45) is 0 Å². The summed E-state index contributed by atoms with van der Waals surface area (Å²) in [7, 11) is 0. The van der Waals surface area contributed by atoms with Gasteiger partial charge in [0.1, 0.15) is 11.5 Å². The second-order valence-electron chi connectivity index (χ2n) is 5.28. The van der Waals surface area contributed by atoms with Crippen molar-refractivity contribution in [2.75, 3.05) is 13.2 Å². The molecule has 0 aliphatic rings. The van der Waals surface area contributed by atoms with Crippen LogP contribution in [0.5, 0.6) is 11.5 Å². The summed E-state index contributed by atoms with van der Waals surface area (Å²) in [6.07, 6.45) is 0. The van der Waals surface area contributed by atoms with Crippen molar-refractivity contribution < 1.29 is 19.1 Å². The monoisotopic (exact) mass is 529 g/mol. The molecule has 0 heterocycles. The molecule has 0 aromatic heterocycles. The number of hydrogen-bond acceptors (Lipinski definition) is 5. The SMILES string of the molecule is CCOc1cccc(C(=O)NC(=S)NNC(=O)COc2ccc(Br)cc2Br)c1. The maximum atomic E-state index is 12.2. The number of hydrogen-bond donors (Lipinski definition) is 3. The zero-order valence-electron chi connectivity index (χ0n) is 14.8. The zero-order chi connectivity index (χ0) is 20.5. The molecule has 0 bridgehead atoms. The van der Waals surface area contributed by atoms with Crippen LogP contribution in [0.25, 0.3) is 0 Å². The molecule has 0 atom stereocenters. The van der Waals surface area contributed by atoms with E-state index in [1.807, 2.05) is 6.92 Å². The summed E-state index contributed by atoms with van der Waals surface area (Å²) in [4.78, 5) is 24.1. The molecule has 2 aromatic carbocycles. The summed E-state index contributed by atoms with van der Waals surface area (Å²) < 4.78 is 12.4. The molecule has 7 nitrogen and oxygen atoms in total. The lowest BCUT2D eigenvalue weighted by atomic mass is 10.2. The molecule has 2 amide bonds. The summed E-state index contributed by atoms with van der Waals surface area (Å²) in [6, 6.07) is 12.0. The number of thiocarbonyl (C=S) groups is 1. The molecule has 148 valence electrons. The number of benzene rings is 2. The van der Waals surface area contributed by atoms with E-state index in [-0.39, 0.29) is 11.7 Å². The van der Waals surface area contributed by atoms with E-state index in [0.29, 0.717) is 28.1 Å². The van der Waals surface area contributed by atoms with E-state index in [9.17, 15) is 9.59 Å². The largest absolute Gasteiger partial charge is 0.494 e. The van der Waals surface area contributed by atoms with E-state index in [4.69, 9.17) is 21.7 Å². The Balaban J connectivity index is 1.77. The first-order chi connectivity index (χ1) is 13.4. The molecule has 0 saturated carbocycles. The second-order valence-corrected chi connectivity index (χ2v) is 7.46. The first-order valence-corrected chi connectivity index (χ1v) is 10.1. The summed E-state index contributed by atoms with van der Waals surface area (Å²) in [6.45, 7) is 2.11. The van der Waals surface area contributed by atoms with Gasteiger partial charge in [-0.2, -0.15) is 0 Å². The molecule has 28 heavy (non-hydrogen) atoms. The zero-order valence-corrected chi connectivity index (χ0v) is 18.7. The number of nitrogens with one attached hydrogen (secondary N) is 3. The summed E-state index contributed by atoms with van der Waals surface area (Å²) >= 11 is 11.7. The van der Waals surface area contributed by atoms with E-state index >= 15 is 0 Å². The Bertz CT molecular complexity index is 880. The lowest BCUT2D eigenvalue weighted by Gasteiger charge is -2.12. The number of halogens is 2. The number of carbonyl (C=O) groups excluding carboxylic acids is 2. The molecule has 0 aliphatic carbocycles. The van der Waals surface area contributed by atoms with E-state index in [0.717, 1.165) is 4.47 Å². The number of hydrazine groups is 1. The molecule has 0 unspecified atom stereocenters. The molecule has 0 aliphatic heterocycles. The maximum Gasteiger partial charge on any atom is 0.276 e. The number of carbonyl (C=O) groups is 2. The maximum absolute atomic E-state index is 12.2. The molecule has 2 rings (SSSR count). The third kappa shape index (κ3) is 7.10. The lowest BCUT2D eigenvalue weighted by molar-refractivity contribution is -0.123. The Morgan fingerprint density at radius 3 is 2.57 bits per heavy atom. The van der Waals surface area contributed by atoms with Gasteiger partial charge in [0.2, 0.25) is 0 Å². The minimum atomic E-state index is -0.468. The summed E-state index contributed by atoms with van der Waals surface area (Å²) in [5.41, 5.74) is 5.18. The van der Waals surface area contributed by atoms with Crippen LogP contribution in [0.1, 0.15) is 17.3 Å². The van der Waals surface area contributed by atoms with Crippen molar-refractivity contribution in [3.8, 4) is 11.5 Å². The quantitative estimate of drug-likeness (QED) is 0.392. The molecule has 10 heteroatoms. The molecule has 0 saturated heterocycles. The fourth-order valence-electron chi connectivity index (χ4n) is 2.00. The van der Waals surface area contributed by atoms with E-state index in [2.05, 4.69) is 48.0 Å². The normalized spacial score (nSPS) is 9.96. The summed E-state index contributed by atoms with van der Waals surface area (Å²) in [5, 5.41) is 2.42. The predicted octanol–water partition coefficient (Wildman–Crippen LogP) is 3.32. The van der Waals surface area contributed by atoms with Crippen molar-refractivity contribution in [2.45, 2.75) is 6.92 Å². The second kappa shape index (κ2) is 11.0. The Morgan fingerprint density at radius 1 is 1.07 bits per heavy atom. The van der Waals surface area contributed by atoms with Crippen LogP contribution >= 0.6 is 44.1 Å². The highest BCUT2D eigenvalue weighted by molar-refractivity contribution is 9.11. The minimum Gasteiger partial charge on any atom is -0.494 e. The van der Waals surface area contributed by atoms with E-state index in [1.54, 1.807) is 42.5 Å². The lowest BCUT2D eigenvalue weighted by Crippen LogP contribution is -2.49. The average molecular weight is 531 g/mol. The van der Waals surface area contributed by atoms with Crippen molar-refractivity contribution in [1.82, 2.24) is 16.2 Å². The van der Waals surface area contributed by atoms with Crippen molar-refractivity contribution >= 4 is 61.0 Å². The van der Waals surface area contributed by atoms with Crippen LogP contribution in [0.15, 0.2) is 51.4 Å². The van der Waals surface area contributed by atoms with Crippen LogP contribution in [0.3, 0.4) is 0 Å². The first kappa shape index (κ1) is 22.1. The number of rotatable bonds is 6. The number of ether oxygens (including phenoxy) is 2. The van der Waals surface area contributed by atoms with Gasteiger partial charge in [0.25, 0.3) is 11.8 Å². The van der Waals surface area contributed by atoms with Crippen LogP contribution in [0.2, 0.25) is 0 Å². The molecule has 0 radical (unpaired) electrons. The van der Waals surface area contributed by atoms with Crippen LogP contribution in [-0.4, -0.2) is 30.1 Å². The third-order valence-electron chi connectivity index (χ3n) is 3.20. The van der Waals surface area contributed by atoms with Crippen molar-refractivity contribution in [3.05, 3.63) is 57.0 Å². The molecule has 3 N–H and O–H groups in total. The highest BCUT2D eigenvalue weighted by atomic mass is 79.9. The smallest absolute Gasteiger partial charge is 0.276 e. The van der Waals surface area contributed by atoms with E-state index < -0.39 is 11.8 Å². The highest BCUT2D eigenvalue weighted by Gasteiger charge is 2.10. The summed E-state index contributed by atoms with van der Waals surface area (Å²) in [5.74, 6) is 0.204. The molecule has 0 spiro atoms. The molecular weight excluding hydrogens is 514 g/mol. The van der Waals surface area contributed by atoms with Gasteiger partial charge >= 0.3 is 0 Å². The van der Waals surface area contributed by atoms with Gasteiger partial charge < -0.3 is 9.47 Å². The van der Waals surface area contributed by atoms with E-state index in [1.165, 1.54) is 0 Å². The molecule has 2 aromatic rings. The van der Waals surface area contributed by atoms with Crippen LogP contribution < -0.4 is 25.6 Å². The molecule has 0 fully saturated rings. The highest BCUT2D eigenvalue weighted by Crippen LogP contribution is 2.28. The standard InChI is InChI=1S/C18H17Br2N3O4S/c1-2-26-13-5-3-4-11(8-13)17(25)21-18(28)23-22-16(24)10-27-15-7-6-12(19)9-14(15)20/h3-9H,2,10H2,1H3,(H,22,24)(H2,21,23,25,28). The Kier molecular flexibility index (Phi) is 8.68. The van der Waals surface area contributed by atoms with Gasteiger partial charge in [0.05, 0.1) is 11.1 Å².